The predicted octanol–water partition coefficient (Wildman–Crippen LogP) is 0.834. The fourth-order valence-electron chi connectivity index (χ4n) is 3.05. The molecule has 5 heteroatoms. The van der Waals surface area contributed by atoms with Crippen LogP contribution in [0.2, 0.25) is 0 Å². The Kier molecular flexibility index (Phi) is 8.11. The Morgan fingerprint density at radius 2 is 2.05 bits per heavy atom. The van der Waals surface area contributed by atoms with E-state index >= 15 is 0 Å². The molecule has 1 amide bonds. The average molecular weight is 285 g/mol. The first-order valence-electron chi connectivity index (χ1n) is 7.77. The number of hydrogen-bond donors (Lipinski definition) is 2. The Balaban J connectivity index is 2.10. The third-order valence-corrected chi connectivity index (χ3v) is 3.93. The van der Waals surface area contributed by atoms with Crippen molar-refractivity contribution < 1.29 is 9.53 Å². The quantitative estimate of drug-likeness (QED) is 0.648. The van der Waals surface area contributed by atoms with Gasteiger partial charge in [0, 0.05) is 33.3 Å². The SMILES string of the molecule is COC(CN)CC(=O)NCCCN1CC(C)CC(C)C1. The van der Waals surface area contributed by atoms with Crippen molar-refractivity contribution in [1.29, 1.82) is 0 Å². The fourth-order valence-corrected chi connectivity index (χ4v) is 3.05. The van der Waals surface area contributed by atoms with Gasteiger partial charge in [0.15, 0.2) is 0 Å². The highest BCUT2D eigenvalue weighted by Crippen LogP contribution is 2.20. The molecule has 3 atom stereocenters. The van der Waals surface area contributed by atoms with Gasteiger partial charge in [0.1, 0.15) is 0 Å². The highest BCUT2D eigenvalue weighted by atomic mass is 16.5. The summed E-state index contributed by atoms with van der Waals surface area (Å²) in [6, 6.07) is 0. The number of amides is 1. The molecule has 1 heterocycles. The maximum absolute atomic E-state index is 11.7. The number of nitrogens with zero attached hydrogens (tertiary/aromatic N) is 1. The van der Waals surface area contributed by atoms with Crippen LogP contribution in [0, 0.1) is 11.8 Å². The summed E-state index contributed by atoms with van der Waals surface area (Å²) in [6.07, 6.45) is 2.53. The molecule has 1 aliphatic rings. The Hall–Kier alpha value is -0.650. The zero-order valence-corrected chi connectivity index (χ0v) is 13.2. The molecule has 3 N–H and O–H groups in total. The molecule has 0 aromatic heterocycles. The van der Waals surface area contributed by atoms with E-state index in [2.05, 4.69) is 24.1 Å². The monoisotopic (exact) mass is 285 g/mol. The van der Waals surface area contributed by atoms with Crippen molar-refractivity contribution in [3.05, 3.63) is 0 Å². The molecule has 1 rings (SSSR count). The average Bonchev–Trinajstić information content (AvgIpc) is 2.40. The number of nitrogens with two attached hydrogens (primary N) is 1. The van der Waals surface area contributed by atoms with Gasteiger partial charge in [-0.15, -0.1) is 0 Å². The standard InChI is InChI=1S/C15H31N3O2/c1-12-7-13(2)11-18(10-12)6-4-5-17-15(19)8-14(9-16)20-3/h12-14H,4-11,16H2,1-3H3,(H,17,19). The second-order valence-corrected chi connectivity index (χ2v) is 6.21. The lowest BCUT2D eigenvalue weighted by Gasteiger charge is -2.34. The molecule has 0 radical (unpaired) electrons. The number of methoxy groups -OCH3 is 1. The summed E-state index contributed by atoms with van der Waals surface area (Å²) in [5.74, 6) is 1.61. The Bertz CT molecular complexity index is 272. The van der Waals surface area contributed by atoms with Crippen LogP contribution in [-0.2, 0) is 9.53 Å². The maximum atomic E-state index is 11.7. The summed E-state index contributed by atoms with van der Waals surface area (Å²) >= 11 is 0. The normalized spacial score (nSPS) is 25.4. The molecular formula is C15H31N3O2. The van der Waals surface area contributed by atoms with Crippen molar-refractivity contribution in [2.24, 2.45) is 17.6 Å². The van der Waals surface area contributed by atoms with E-state index in [9.17, 15) is 4.79 Å². The van der Waals surface area contributed by atoms with Gasteiger partial charge >= 0.3 is 0 Å². The smallest absolute Gasteiger partial charge is 0.222 e. The van der Waals surface area contributed by atoms with Crippen molar-refractivity contribution in [2.75, 3.05) is 39.8 Å². The van der Waals surface area contributed by atoms with E-state index < -0.39 is 0 Å². The highest BCUT2D eigenvalue weighted by molar-refractivity contribution is 5.76. The minimum atomic E-state index is -0.168. The molecule has 20 heavy (non-hydrogen) atoms. The van der Waals surface area contributed by atoms with Crippen molar-refractivity contribution in [3.63, 3.8) is 0 Å². The molecule has 118 valence electrons. The summed E-state index contributed by atoms with van der Waals surface area (Å²) < 4.78 is 5.10. The van der Waals surface area contributed by atoms with Crippen molar-refractivity contribution in [1.82, 2.24) is 10.2 Å². The molecule has 0 aliphatic carbocycles. The van der Waals surface area contributed by atoms with Gasteiger partial charge in [-0.05, 0) is 31.2 Å². The molecule has 3 unspecified atom stereocenters. The number of hydrogen-bond acceptors (Lipinski definition) is 4. The van der Waals surface area contributed by atoms with Crippen molar-refractivity contribution >= 4 is 5.91 Å². The number of nitrogens with one attached hydrogen (secondary N) is 1. The van der Waals surface area contributed by atoms with Gasteiger partial charge in [-0.3, -0.25) is 4.79 Å². The van der Waals surface area contributed by atoms with Gasteiger partial charge in [-0.1, -0.05) is 13.8 Å². The molecular weight excluding hydrogens is 254 g/mol. The van der Waals surface area contributed by atoms with E-state index in [1.165, 1.54) is 19.5 Å². The first kappa shape index (κ1) is 17.4. The molecule has 0 bridgehead atoms. The number of ether oxygens (including phenoxy) is 1. The van der Waals surface area contributed by atoms with Crippen LogP contribution in [0.1, 0.15) is 33.1 Å². The van der Waals surface area contributed by atoms with Crippen LogP contribution in [0.15, 0.2) is 0 Å². The summed E-state index contributed by atoms with van der Waals surface area (Å²) in [4.78, 5) is 14.2. The van der Waals surface area contributed by atoms with Crippen LogP contribution < -0.4 is 11.1 Å². The maximum Gasteiger partial charge on any atom is 0.222 e. The third kappa shape index (κ3) is 6.68. The number of likely N-dealkylation sites (tertiary alicyclic amines) is 1. The Labute approximate surface area is 123 Å². The minimum absolute atomic E-state index is 0.0303. The predicted molar refractivity (Wildman–Crippen MR) is 81.5 cm³/mol. The zero-order chi connectivity index (χ0) is 15.0. The van der Waals surface area contributed by atoms with Crippen LogP contribution >= 0.6 is 0 Å². The second kappa shape index (κ2) is 9.32. The molecule has 0 saturated carbocycles. The van der Waals surface area contributed by atoms with Crippen LogP contribution in [0.25, 0.3) is 0 Å². The zero-order valence-electron chi connectivity index (χ0n) is 13.2. The van der Waals surface area contributed by atoms with E-state index in [4.69, 9.17) is 10.5 Å². The molecule has 1 saturated heterocycles. The molecule has 1 fully saturated rings. The topological polar surface area (TPSA) is 67.6 Å². The van der Waals surface area contributed by atoms with Gasteiger partial charge in [0.2, 0.25) is 5.91 Å². The molecule has 0 spiro atoms. The van der Waals surface area contributed by atoms with E-state index in [-0.39, 0.29) is 12.0 Å². The van der Waals surface area contributed by atoms with Gasteiger partial charge < -0.3 is 20.7 Å². The van der Waals surface area contributed by atoms with Crippen LogP contribution in [0.4, 0.5) is 0 Å². The first-order chi connectivity index (χ1) is 9.55. The van der Waals surface area contributed by atoms with Gasteiger partial charge in [0.05, 0.1) is 12.5 Å². The molecule has 1 aliphatic heterocycles. The lowest BCUT2D eigenvalue weighted by atomic mass is 9.92. The molecule has 5 nitrogen and oxygen atoms in total. The van der Waals surface area contributed by atoms with E-state index in [1.807, 2.05) is 0 Å². The van der Waals surface area contributed by atoms with Crippen molar-refractivity contribution in [3.8, 4) is 0 Å². The molecule has 0 aromatic carbocycles. The lowest BCUT2D eigenvalue weighted by Crippen LogP contribution is -2.40. The van der Waals surface area contributed by atoms with Gasteiger partial charge in [-0.2, -0.15) is 0 Å². The summed E-state index contributed by atoms with van der Waals surface area (Å²) in [7, 11) is 1.59. The second-order valence-electron chi connectivity index (χ2n) is 6.21. The third-order valence-electron chi connectivity index (χ3n) is 3.93. The Morgan fingerprint density at radius 1 is 1.40 bits per heavy atom. The molecule has 0 aromatic rings. The number of carbonyl (C=O) groups excluding carboxylic acids is 1. The fraction of sp³-hybridized carbons (Fsp3) is 0.933. The number of piperidine rings is 1. The lowest BCUT2D eigenvalue weighted by molar-refractivity contribution is -0.123. The minimum Gasteiger partial charge on any atom is -0.380 e. The van der Waals surface area contributed by atoms with Crippen LogP contribution in [0.3, 0.4) is 0 Å². The van der Waals surface area contributed by atoms with Crippen LogP contribution in [-0.4, -0.2) is 56.7 Å². The van der Waals surface area contributed by atoms with E-state index in [0.717, 1.165) is 31.3 Å². The summed E-state index contributed by atoms with van der Waals surface area (Å²) in [5, 5.41) is 2.94. The van der Waals surface area contributed by atoms with Gasteiger partial charge in [0.25, 0.3) is 0 Å². The summed E-state index contributed by atoms with van der Waals surface area (Å²) in [5.41, 5.74) is 5.50. The highest BCUT2D eigenvalue weighted by Gasteiger charge is 2.21. The van der Waals surface area contributed by atoms with Gasteiger partial charge in [-0.25, -0.2) is 0 Å². The number of rotatable bonds is 8. The first-order valence-corrected chi connectivity index (χ1v) is 7.77. The van der Waals surface area contributed by atoms with E-state index in [1.54, 1.807) is 7.11 Å². The summed E-state index contributed by atoms with van der Waals surface area (Å²) in [6.45, 7) is 9.21. The van der Waals surface area contributed by atoms with Crippen molar-refractivity contribution in [2.45, 2.75) is 39.2 Å². The largest absolute Gasteiger partial charge is 0.380 e. The Morgan fingerprint density at radius 3 is 2.60 bits per heavy atom. The van der Waals surface area contributed by atoms with E-state index in [0.29, 0.717) is 13.0 Å². The number of carbonyl (C=O) groups is 1. The van der Waals surface area contributed by atoms with Crippen LogP contribution in [0.5, 0.6) is 0 Å².